The zero-order chi connectivity index (χ0) is 22.7. The first-order chi connectivity index (χ1) is 15.5. The van der Waals surface area contributed by atoms with E-state index in [1.807, 2.05) is 13.0 Å². The Morgan fingerprint density at radius 1 is 1.22 bits per heavy atom. The van der Waals surface area contributed by atoms with Crippen LogP contribution in [-0.2, 0) is 0 Å². The third-order valence-electron chi connectivity index (χ3n) is 5.56. The summed E-state index contributed by atoms with van der Waals surface area (Å²) in [6, 6.07) is 9.45. The Morgan fingerprint density at radius 2 is 2.00 bits per heavy atom. The highest BCUT2D eigenvalue weighted by molar-refractivity contribution is 6.33. The van der Waals surface area contributed by atoms with Crippen LogP contribution in [0.25, 0.3) is 11.3 Å². The van der Waals surface area contributed by atoms with E-state index in [-0.39, 0.29) is 28.4 Å². The van der Waals surface area contributed by atoms with Crippen LogP contribution < -0.4 is 10.6 Å². The average molecular weight is 454 g/mol. The maximum absolute atomic E-state index is 12.6. The number of carbonyl (C=O) groups is 2. The van der Waals surface area contributed by atoms with Gasteiger partial charge in [0.25, 0.3) is 5.91 Å². The van der Waals surface area contributed by atoms with E-state index in [9.17, 15) is 14.7 Å². The quantitative estimate of drug-likeness (QED) is 0.380. The van der Waals surface area contributed by atoms with Gasteiger partial charge in [0.1, 0.15) is 10.9 Å². The molecule has 3 N–H and O–H groups in total. The number of nitrogens with zero attached hydrogens (tertiary/aromatic N) is 3. The number of halogens is 1. The molecular weight excluding hydrogens is 430 g/mol. The molecule has 1 aromatic carbocycles. The molecule has 32 heavy (non-hydrogen) atoms. The van der Waals surface area contributed by atoms with Gasteiger partial charge < -0.3 is 15.7 Å². The summed E-state index contributed by atoms with van der Waals surface area (Å²) < 4.78 is 1.40. The molecule has 0 atom stereocenters. The molecule has 2 aromatic heterocycles. The van der Waals surface area contributed by atoms with Crippen LogP contribution in [0.5, 0.6) is 5.75 Å². The fourth-order valence-corrected chi connectivity index (χ4v) is 4.21. The van der Waals surface area contributed by atoms with Crippen molar-refractivity contribution in [2.75, 3.05) is 11.9 Å². The van der Waals surface area contributed by atoms with E-state index < -0.39 is 5.91 Å². The Kier molecular flexibility index (Phi) is 6.41. The normalized spacial score (nSPS) is 13.8. The van der Waals surface area contributed by atoms with Crippen LogP contribution in [0.1, 0.15) is 54.6 Å². The fourth-order valence-electron chi connectivity index (χ4n) is 4.00. The minimum absolute atomic E-state index is 0.000862. The Hall–Kier alpha value is -3.39. The van der Waals surface area contributed by atoms with E-state index in [0.29, 0.717) is 23.5 Å². The second-order valence-corrected chi connectivity index (χ2v) is 8.07. The summed E-state index contributed by atoms with van der Waals surface area (Å²) in [5, 5.41) is 20.7. The second kappa shape index (κ2) is 9.40. The number of amides is 2. The van der Waals surface area contributed by atoms with Gasteiger partial charge in [0, 0.05) is 29.9 Å². The summed E-state index contributed by atoms with van der Waals surface area (Å²) in [4.78, 5) is 29.1. The van der Waals surface area contributed by atoms with E-state index >= 15 is 0 Å². The van der Waals surface area contributed by atoms with E-state index in [4.69, 9.17) is 11.6 Å². The molecule has 0 spiro atoms. The predicted octanol–water partition coefficient (Wildman–Crippen LogP) is 4.79. The van der Waals surface area contributed by atoms with Gasteiger partial charge in [-0.05, 0) is 56.2 Å². The van der Waals surface area contributed by atoms with Crippen molar-refractivity contribution < 1.29 is 14.7 Å². The van der Waals surface area contributed by atoms with Crippen molar-refractivity contribution in [2.45, 2.75) is 38.5 Å². The summed E-state index contributed by atoms with van der Waals surface area (Å²) in [7, 11) is 0. The van der Waals surface area contributed by atoms with Gasteiger partial charge in [-0.25, -0.2) is 9.78 Å². The largest absolute Gasteiger partial charge is 0.507 e. The molecule has 2 amide bonds. The highest BCUT2D eigenvalue weighted by Gasteiger charge is 2.26. The first-order valence-electron chi connectivity index (χ1n) is 10.6. The Balaban J connectivity index is 1.67. The van der Waals surface area contributed by atoms with Gasteiger partial charge >= 0.3 is 6.03 Å². The Morgan fingerprint density at radius 3 is 2.72 bits per heavy atom. The summed E-state index contributed by atoms with van der Waals surface area (Å²) in [5.74, 6) is -0.170. The van der Waals surface area contributed by atoms with Gasteiger partial charge in [0.2, 0.25) is 0 Å². The lowest BCUT2D eigenvalue weighted by molar-refractivity contribution is 0.102. The summed E-state index contributed by atoms with van der Waals surface area (Å²) in [6.45, 7) is 2.34. The lowest BCUT2D eigenvalue weighted by Gasteiger charge is -2.11. The van der Waals surface area contributed by atoms with Crippen molar-refractivity contribution in [3.8, 4) is 17.0 Å². The highest BCUT2D eigenvalue weighted by atomic mass is 35.5. The number of phenolic OH excluding ortho intramolecular Hbond substituents is 1. The number of hydrogen-bond acceptors (Lipinski definition) is 5. The first kappa shape index (κ1) is 21.8. The van der Waals surface area contributed by atoms with E-state index in [2.05, 4.69) is 20.7 Å². The van der Waals surface area contributed by atoms with Gasteiger partial charge in [0.05, 0.1) is 17.0 Å². The Bertz CT molecular complexity index is 1150. The SMILES string of the molecule is CCNC(=O)n1nc(-c2cc(NC(=O)c3cccnc3Cl)ccc2O)cc1C1CCCC1. The topological polar surface area (TPSA) is 109 Å². The molecule has 0 radical (unpaired) electrons. The number of carbonyl (C=O) groups excluding carboxylic acids is 2. The Labute approximate surface area is 190 Å². The molecule has 0 aliphatic heterocycles. The van der Waals surface area contributed by atoms with Crippen molar-refractivity contribution in [1.29, 1.82) is 0 Å². The number of rotatable bonds is 5. The van der Waals surface area contributed by atoms with Crippen molar-refractivity contribution >= 4 is 29.2 Å². The van der Waals surface area contributed by atoms with Crippen molar-refractivity contribution in [3.63, 3.8) is 0 Å². The van der Waals surface area contributed by atoms with Crippen molar-refractivity contribution in [2.24, 2.45) is 0 Å². The van der Waals surface area contributed by atoms with Gasteiger partial charge in [0.15, 0.2) is 0 Å². The van der Waals surface area contributed by atoms with Crippen LogP contribution >= 0.6 is 11.6 Å². The molecule has 166 valence electrons. The van der Waals surface area contributed by atoms with Gasteiger partial charge in [-0.1, -0.05) is 24.4 Å². The van der Waals surface area contributed by atoms with Crippen LogP contribution in [0.15, 0.2) is 42.6 Å². The molecule has 4 rings (SSSR count). The number of aromatic hydroxyl groups is 1. The van der Waals surface area contributed by atoms with E-state index in [0.717, 1.165) is 31.4 Å². The van der Waals surface area contributed by atoms with Crippen molar-refractivity contribution in [3.05, 3.63) is 59.0 Å². The lowest BCUT2D eigenvalue weighted by Crippen LogP contribution is -2.30. The monoisotopic (exact) mass is 453 g/mol. The minimum atomic E-state index is -0.417. The van der Waals surface area contributed by atoms with Crippen LogP contribution in [0.2, 0.25) is 5.15 Å². The molecule has 9 heteroatoms. The number of anilines is 1. The molecule has 1 aliphatic rings. The number of aromatic nitrogens is 3. The second-order valence-electron chi connectivity index (χ2n) is 7.71. The number of pyridine rings is 1. The molecular formula is C23H24ClN5O3. The van der Waals surface area contributed by atoms with Gasteiger partial charge in [-0.3, -0.25) is 4.79 Å². The molecule has 0 bridgehead atoms. The molecule has 0 unspecified atom stereocenters. The maximum atomic E-state index is 12.6. The molecule has 1 fully saturated rings. The zero-order valence-electron chi connectivity index (χ0n) is 17.6. The van der Waals surface area contributed by atoms with Crippen LogP contribution in [-0.4, -0.2) is 38.4 Å². The molecule has 3 aromatic rings. The van der Waals surface area contributed by atoms with Gasteiger partial charge in [-0.2, -0.15) is 9.78 Å². The highest BCUT2D eigenvalue weighted by Crippen LogP contribution is 2.38. The number of phenols is 1. The third-order valence-corrected chi connectivity index (χ3v) is 5.87. The van der Waals surface area contributed by atoms with Crippen LogP contribution in [0, 0.1) is 0 Å². The van der Waals surface area contributed by atoms with Crippen LogP contribution in [0.3, 0.4) is 0 Å². The smallest absolute Gasteiger partial charge is 0.342 e. The molecule has 1 saturated carbocycles. The summed E-state index contributed by atoms with van der Waals surface area (Å²) in [6.07, 6.45) is 5.73. The zero-order valence-corrected chi connectivity index (χ0v) is 18.4. The number of hydrogen-bond donors (Lipinski definition) is 3. The predicted molar refractivity (Wildman–Crippen MR) is 122 cm³/mol. The summed E-state index contributed by atoms with van der Waals surface area (Å²) >= 11 is 6.01. The average Bonchev–Trinajstić information content (AvgIpc) is 3.45. The van der Waals surface area contributed by atoms with Crippen LogP contribution in [0.4, 0.5) is 10.5 Å². The molecule has 2 heterocycles. The van der Waals surface area contributed by atoms with E-state index in [1.165, 1.54) is 16.9 Å². The summed E-state index contributed by atoms with van der Waals surface area (Å²) in [5.41, 5.74) is 2.42. The lowest BCUT2D eigenvalue weighted by atomic mass is 10.0. The standard InChI is InChI=1S/C23H24ClN5O3/c1-2-25-23(32)29-19(14-6-3-4-7-14)13-18(28-29)17-12-15(9-10-20(17)30)27-22(31)16-8-5-11-26-21(16)24/h5,8-14,30H,2-4,6-7H2,1H3,(H,25,32)(H,27,31). The molecule has 1 aliphatic carbocycles. The van der Waals surface area contributed by atoms with Gasteiger partial charge in [-0.15, -0.1) is 0 Å². The number of benzene rings is 1. The number of nitrogens with one attached hydrogen (secondary N) is 2. The maximum Gasteiger partial charge on any atom is 0.342 e. The molecule has 8 nitrogen and oxygen atoms in total. The fraction of sp³-hybridized carbons (Fsp3) is 0.304. The first-order valence-corrected chi connectivity index (χ1v) is 11.0. The van der Waals surface area contributed by atoms with E-state index in [1.54, 1.807) is 24.3 Å². The third kappa shape index (κ3) is 4.45. The molecule has 0 saturated heterocycles. The minimum Gasteiger partial charge on any atom is -0.507 e. The van der Waals surface area contributed by atoms with Crippen molar-refractivity contribution in [1.82, 2.24) is 20.1 Å².